The molecule has 0 aliphatic heterocycles. The molecule has 2 aliphatic carbocycles. The SMILES string of the molecule is CC(C)[C@@H]1CC[C@@H](C)C[C@@H]1OC(=O)[C@H]1[C@H]([Si](C)(C)C)C1(c1ccccc1)c1ccccc1. The monoisotopic (exact) mass is 448 g/mol. The second kappa shape index (κ2) is 8.82. The van der Waals surface area contributed by atoms with Crippen LogP contribution in [0, 0.1) is 23.7 Å². The first-order chi connectivity index (χ1) is 15.2. The molecule has 32 heavy (non-hydrogen) atoms. The molecular weight excluding hydrogens is 408 g/mol. The Morgan fingerprint density at radius 2 is 1.47 bits per heavy atom. The predicted molar refractivity (Wildman–Crippen MR) is 135 cm³/mol. The van der Waals surface area contributed by atoms with Crippen molar-refractivity contribution < 1.29 is 9.53 Å². The summed E-state index contributed by atoms with van der Waals surface area (Å²) in [5.41, 5.74) is 2.60. The number of esters is 1. The number of benzene rings is 2. The van der Waals surface area contributed by atoms with E-state index in [1.165, 1.54) is 24.0 Å². The number of ether oxygens (including phenoxy) is 1. The number of hydrogen-bond donors (Lipinski definition) is 0. The zero-order chi connectivity index (χ0) is 23.1. The van der Waals surface area contributed by atoms with Crippen LogP contribution in [0.25, 0.3) is 0 Å². The smallest absolute Gasteiger partial charge is 0.310 e. The molecule has 2 aliphatic rings. The van der Waals surface area contributed by atoms with Gasteiger partial charge in [-0.25, -0.2) is 0 Å². The molecule has 172 valence electrons. The number of rotatable bonds is 6. The Bertz CT molecular complexity index is 876. The zero-order valence-corrected chi connectivity index (χ0v) is 21.7. The van der Waals surface area contributed by atoms with Gasteiger partial charge in [0.05, 0.1) is 5.92 Å². The van der Waals surface area contributed by atoms with Crippen molar-refractivity contribution in [2.24, 2.45) is 23.7 Å². The summed E-state index contributed by atoms with van der Waals surface area (Å²) in [7, 11) is -1.67. The van der Waals surface area contributed by atoms with Crippen LogP contribution in [0.4, 0.5) is 0 Å². The van der Waals surface area contributed by atoms with Crippen molar-refractivity contribution in [2.75, 3.05) is 0 Å². The van der Waals surface area contributed by atoms with E-state index in [0.717, 1.165) is 6.42 Å². The largest absolute Gasteiger partial charge is 0.462 e. The molecule has 2 saturated carbocycles. The molecule has 2 aromatic rings. The van der Waals surface area contributed by atoms with Gasteiger partial charge in [0.25, 0.3) is 0 Å². The fourth-order valence-electron chi connectivity index (χ4n) is 6.68. The highest BCUT2D eigenvalue weighted by molar-refractivity contribution is 6.79. The lowest BCUT2D eigenvalue weighted by Crippen LogP contribution is -2.37. The molecule has 0 bridgehead atoms. The Morgan fingerprint density at radius 1 is 0.938 bits per heavy atom. The second-order valence-electron chi connectivity index (χ2n) is 11.7. The third-order valence-electron chi connectivity index (χ3n) is 8.12. The highest BCUT2D eigenvalue weighted by Gasteiger charge is 2.73. The molecule has 0 amide bonds. The summed E-state index contributed by atoms with van der Waals surface area (Å²) in [5.74, 6) is 1.59. The van der Waals surface area contributed by atoms with Gasteiger partial charge in [-0.1, -0.05) is 107 Å². The molecular formula is C29H40O2Si. The molecule has 0 aromatic heterocycles. The van der Waals surface area contributed by atoms with Gasteiger partial charge < -0.3 is 4.74 Å². The summed E-state index contributed by atoms with van der Waals surface area (Å²) < 4.78 is 6.47. The van der Waals surface area contributed by atoms with Crippen molar-refractivity contribution in [3.05, 3.63) is 71.8 Å². The molecule has 0 unspecified atom stereocenters. The van der Waals surface area contributed by atoms with E-state index in [1.807, 2.05) is 0 Å². The molecule has 2 nitrogen and oxygen atoms in total. The van der Waals surface area contributed by atoms with Crippen LogP contribution < -0.4 is 0 Å². The molecule has 0 saturated heterocycles. The fourth-order valence-corrected chi connectivity index (χ4v) is 9.86. The Kier molecular flexibility index (Phi) is 6.42. The quantitative estimate of drug-likeness (QED) is 0.342. The number of carbonyl (C=O) groups is 1. The third-order valence-corrected chi connectivity index (χ3v) is 10.8. The summed E-state index contributed by atoms with van der Waals surface area (Å²) in [6.07, 6.45) is 3.47. The first-order valence-corrected chi connectivity index (χ1v) is 16.1. The van der Waals surface area contributed by atoms with Crippen LogP contribution in [-0.4, -0.2) is 20.1 Å². The van der Waals surface area contributed by atoms with Gasteiger partial charge in [-0.15, -0.1) is 0 Å². The van der Waals surface area contributed by atoms with Gasteiger partial charge in [0.2, 0.25) is 0 Å². The molecule has 0 N–H and O–H groups in total. The van der Waals surface area contributed by atoms with E-state index in [9.17, 15) is 4.79 Å². The second-order valence-corrected chi connectivity index (χ2v) is 17.1. The van der Waals surface area contributed by atoms with Crippen molar-refractivity contribution in [3.63, 3.8) is 0 Å². The maximum Gasteiger partial charge on any atom is 0.310 e. The molecule has 4 rings (SSSR count). The van der Waals surface area contributed by atoms with Crippen LogP contribution in [-0.2, 0) is 14.9 Å². The maximum atomic E-state index is 14.0. The van der Waals surface area contributed by atoms with Gasteiger partial charge in [0.1, 0.15) is 6.10 Å². The Hall–Kier alpha value is -1.87. The average Bonchev–Trinajstić information content (AvgIpc) is 3.47. The minimum absolute atomic E-state index is 0.0369. The van der Waals surface area contributed by atoms with Crippen molar-refractivity contribution >= 4 is 14.0 Å². The van der Waals surface area contributed by atoms with Crippen LogP contribution in [0.3, 0.4) is 0 Å². The van der Waals surface area contributed by atoms with Gasteiger partial charge in [-0.3, -0.25) is 4.79 Å². The van der Waals surface area contributed by atoms with E-state index >= 15 is 0 Å². The van der Waals surface area contributed by atoms with Crippen LogP contribution in [0.2, 0.25) is 25.2 Å². The van der Waals surface area contributed by atoms with Gasteiger partial charge in [-0.2, -0.15) is 0 Å². The van der Waals surface area contributed by atoms with E-state index in [4.69, 9.17) is 4.74 Å². The lowest BCUT2D eigenvalue weighted by molar-refractivity contribution is -0.158. The normalized spacial score (nSPS) is 29.5. The summed E-state index contributed by atoms with van der Waals surface area (Å²) >= 11 is 0. The van der Waals surface area contributed by atoms with Crippen LogP contribution in [0.15, 0.2) is 60.7 Å². The standard InChI is InChI=1S/C29H40O2Si/c1-20(2)24-18-17-21(3)19-25(24)31-28(30)26-27(32(4,5)6)29(26,22-13-9-7-10-14-22)23-15-11-8-12-16-23/h7-16,20-21,24-27H,17-19H2,1-6H3/t21-,24+,25+,26-,27+/m1/s1. The minimum atomic E-state index is -1.67. The van der Waals surface area contributed by atoms with Gasteiger partial charge in [0, 0.05) is 13.5 Å². The zero-order valence-electron chi connectivity index (χ0n) is 20.7. The van der Waals surface area contributed by atoms with Gasteiger partial charge in [0.15, 0.2) is 0 Å². The molecule has 0 radical (unpaired) electrons. The molecule has 5 atom stereocenters. The Balaban J connectivity index is 1.73. The summed E-state index contributed by atoms with van der Waals surface area (Å²) in [5, 5.41) is 0. The first-order valence-electron chi connectivity index (χ1n) is 12.5. The van der Waals surface area contributed by atoms with E-state index in [2.05, 4.69) is 101 Å². The molecule has 3 heteroatoms. The van der Waals surface area contributed by atoms with E-state index in [1.54, 1.807) is 0 Å². The lowest BCUT2D eigenvalue weighted by atomic mass is 9.75. The topological polar surface area (TPSA) is 26.3 Å². The molecule has 0 heterocycles. The maximum absolute atomic E-state index is 14.0. The summed E-state index contributed by atoms with van der Waals surface area (Å²) in [6, 6.07) is 21.4. The molecule has 2 aromatic carbocycles. The lowest BCUT2D eigenvalue weighted by Gasteiger charge is -2.37. The van der Waals surface area contributed by atoms with E-state index in [-0.39, 0.29) is 23.4 Å². The average molecular weight is 449 g/mol. The van der Waals surface area contributed by atoms with Gasteiger partial charge in [-0.05, 0) is 47.3 Å². The van der Waals surface area contributed by atoms with E-state index < -0.39 is 8.07 Å². The fraction of sp³-hybridized carbons (Fsp3) is 0.552. The van der Waals surface area contributed by atoms with Gasteiger partial charge >= 0.3 is 5.97 Å². The van der Waals surface area contributed by atoms with Crippen LogP contribution in [0.1, 0.15) is 51.2 Å². The minimum Gasteiger partial charge on any atom is -0.462 e. The third kappa shape index (κ3) is 4.09. The van der Waals surface area contributed by atoms with Crippen molar-refractivity contribution in [2.45, 2.75) is 76.7 Å². The van der Waals surface area contributed by atoms with Crippen molar-refractivity contribution in [1.82, 2.24) is 0 Å². The molecule has 0 spiro atoms. The highest BCUT2D eigenvalue weighted by Crippen LogP contribution is 2.72. The van der Waals surface area contributed by atoms with E-state index in [0.29, 0.717) is 23.3 Å². The molecule has 2 fully saturated rings. The Morgan fingerprint density at radius 3 is 1.94 bits per heavy atom. The first kappa shape index (κ1) is 23.3. The van der Waals surface area contributed by atoms with Crippen LogP contribution in [0.5, 0.6) is 0 Å². The summed E-state index contributed by atoms with van der Waals surface area (Å²) in [4.78, 5) is 14.0. The number of carbonyl (C=O) groups excluding carboxylic acids is 1. The number of hydrogen-bond acceptors (Lipinski definition) is 2. The van der Waals surface area contributed by atoms with Crippen molar-refractivity contribution in [1.29, 1.82) is 0 Å². The summed E-state index contributed by atoms with van der Waals surface area (Å²) in [6.45, 7) is 14.1. The highest BCUT2D eigenvalue weighted by atomic mass is 28.3. The Labute approximate surface area is 195 Å². The predicted octanol–water partition coefficient (Wildman–Crippen LogP) is 7.31. The van der Waals surface area contributed by atoms with Crippen LogP contribution >= 0.6 is 0 Å². The van der Waals surface area contributed by atoms with Crippen molar-refractivity contribution in [3.8, 4) is 0 Å².